The Hall–Kier alpha value is -2.64. The molecule has 0 spiro atoms. The zero-order chi connectivity index (χ0) is 20.8. The van der Waals surface area contributed by atoms with E-state index in [9.17, 15) is 4.79 Å². The fourth-order valence-electron chi connectivity index (χ4n) is 3.04. The molecule has 152 valence electrons. The maximum Gasteiger partial charge on any atom is 0.244 e. The maximum atomic E-state index is 12.5. The summed E-state index contributed by atoms with van der Waals surface area (Å²) in [7, 11) is 0. The van der Waals surface area contributed by atoms with Crippen LogP contribution in [-0.2, 0) is 17.8 Å². The summed E-state index contributed by atoms with van der Waals surface area (Å²) in [4.78, 5) is 12.5. The van der Waals surface area contributed by atoms with Gasteiger partial charge in [0, 0.05) is 18.2 Å². The standard InChI is InChI=1S/C21H24ClN5OS/c1-3-7-19-25-26-21(29)27(19)13-20(28)24-16-10-11-18(17(22)12-16)23-14(2)15-8-5-4-6-9-15/h4-6,8-12,14,23H,3,7,13H2,1-2H3,(H,24,28)(H,26,29). The van der Waals surface area contributed by atoms with Crippen LogP contribution in [0.15, 0.2) is 48.5 Å². The van der Waals surface area contributed by atoms with Gasteiger partial charge in [0.1, 0.15) is 12.4 Å². The molecule has 1 unspecified atom stereocenters. The summed E-state index contributed by atoms with van der Waals surface area (Å²) in [6, 6.07) is 15.7. The van der Waals surface area contributed by atoms with Crippen LogP contribution in [0.25, 0.3) is 0 Å². The Bertz CT molecular complexity index is 1030. The van der Waals surface area contributed by atoms with E-state index in [0.717, 1.165) is 24.4 Å². The van der Waals surface area contributed by atoms with E-state index in [1.807, 2.05) is 30.3 Å². The molecule has 0 saturated carbocycles. The summed E-state index contributed by atoms with van der Waals surface area (Å²) in [5.41, 5.74) is 2.61. The summed E-state index contributed by atoms with van der Waals surface area (Å²) in [5, 5.41) is 13.7. The van der Waals surface area contributed by atoms with Gasteiger partial charge in [-0.1, -0.05) is 48.9 Å². The van der Waals surface area contributed by atoms with Crippen molar-refractivity contribution in [3.8, 4) is 0 Å². The molecule has 6 nitrogen and oxygen atoms in total. The average molecular weight is 430 g/mol. The SMILES string of the molecule is CCCc1n[nH]c(=S)n1CC(=O)Nc1ccc(NC(C)c2ccccc2)c(Cl)c1. The lowest BCUT2D eigenvalue weighted by atomic mass is 10.1. The fourth-order valence-corrected chi connectivity index (χ4v) is 3.49. The van der Waals surface area contributed by atoms with Crippen molar-refractivity contribution in [3.05, 3.63) is 69.7 Å². The zero-order valence-corrected chi connectivity index (χ0v) is 18.0. The van der Waals surface area contributed by atoms with Crippen molar-refractivity contribution in [2.45, 2.75) is 39.3 Å². The van der Waals surface area contributed by atoms with Crippen LogP contribution in [-0.4, -0.2) is 20.7 Å². The number of H-pyrrole nitrogens is 1. The second-order valence-electron chi connectivity index (χ2n) is 6.80. The molecule has 0 saturated heterocycles. The Kier molecular flexibility index (Phi) is 7.06. The lowest BCUT2D eigenvalue weighted by Crippen LogP contribution is -2.20. The molecule has 0 aliphatic carbocycles. The molecule has 0 fully saturated rings. The normalized spacial score (nSPS) is 11.8. The van der Waals surface area contributed by atoms with Gasteiger partial charge >= 0.3 is 0 Å². The van der Waals surface area contributed by atoms with Crippen LogP contribution in [0.5, 0.6) is 0 Å². The molecule has 1 amide bonds. The minimum absolute atomic E-state index is 0.104. The first-order chi connectivity index (χ1) is 14.0. The number of aryl methyl sites for hydroxylation is 1. The minimum Gasteiger partial charge on any atom is -0.377 e. The van der Waals surface area contributed by atoms with E-state index < -0.39 is 0 Å². The molecule has 0 aliphatic rings. The van der Waals surface area contributed by atoms with Crippen molar-refractivity contribution in [2.75, 3.05) is 10.6 Å². The third-order valence-electron chi connectivity index (χ3n) is 4.54. The molecule has 3 N–H and O–H groups in total. The quantitative estimate of drug-likeness (QED) is 0.421. The predicted octanol–water partition coefficient (Wildman–Crippen LogP) is 5.36. The number of aromatic nitrogens is 3. The highest BCUT2D eigenvalue weighted by Crippen LogP contribution is 2.29. The van der Waals surface area contributed by atoms with Gasteiger partial charge in [-0.25, -0.2) is 0 Å². The van der Waals surface area contributed by atoms with Crippen molar-refractivity contribution in [1.29, 1.82) is 0 Å². The van der Waals surface area contributed by atoms with Crippen molar-refractivity contribution >= 4 is 41.1 Å². The number of hydrogen-bond acceptors (Lipinski definition) is 4. The molecule has 1 atom stereocenters. The maximum absolute atomic E-state index is 12.5. The topological polar surface area (TPSA) is 74.7 Å². The van der Waals surface area contributed by atoms with Crippen LogP contribution < -0.4 is 10.6 Å². The summed E-state index contributed by atoms with van der Waals surface area (Å²) in [6.45, 7) is 4.23. The molecule has 3 aromatic rings. The summed E-state index contributed by atoms with van der Waals surface area (Å²) in [5.74, 6) is 0.592. The average Bonchev–Trinajstić information content (AvgIpc) is 3.04. The zero-order valence-electron chi connectivity index (χ0n) is 16.4. The number of amides is 1. The monoisotopic (exact) mass is 429 g/mol. The summed E-state index contributed by atoms with van der Waals surface area (Å²) < 4.78 is 2.16. The Morgan fingerprint density at radius 1 is 1.28 bits per heavy atom. The Morgan fingerprint density at radius 2 is 2.03 bits per heavy atom. The van der Waals surface area contributed by atoms with Gasteiger partial charge < -0.3 is 10.6 Å². The third-order valence-corrected chi connectivity index (χ3v) is 5.16. The van der Waals surface area contributed by atoms with E-state index in [-0.39, 0.29) is 18.5 Å². The molecule has 0 radical (unpaired) electrons. The van der Waals surface area contributed by atoms with Crippen LogP contribution in [0.4, 0.5) is 11.4 Å². The largest absolute Gasteiger partial charge is 0.377 e. The van der Waals surface area contributed by atoms with E-state index in [1.54, 1.807) is 10.6 Å². The van der Waals surface area contributed by atoms with Crippen molar-refractivity contribution in [2.24, 2.45) is 0 Å². The van der Waals surface area contributed by atoms with E-state index in [0.29, 0.717) is 15.5 Å². The van der Waals surface area contributed by atoms with Gasteiger partial charge in [-0.3, -0.25) is 14.5 Å². The number of nitrogens with one attached hydrogen (secondary N) is 3. The number of rotatable bonds is 8. The molecule has 3 rings (SSSR count). The predicted molar refractivity (Wildman–Crippen MR) is 120 cm³/mol. The molecular formula is C21H24ClN5OS. The van der Waals surface area contributed by atoms with Gasteiger partial charge in [0.25, 0.3) is 0 Å². The van der Waals surface area contributed by atoms with Gasteiger partial charge in [0.2, 0.25) is 5.91 Å². The van der Waals surface area contributed by atoms with Crippen LogP contribution in [0.1, 0.15) is 37.7 Å². The molecular weight excluding hydrogens is 406 g/mol. The number of aromatic amines is 1. The number of carbonyl (C=O) groups excluding carboxylic acids is 1. The smallest absolute Gasteiger partial charge is 0.244 e. The first kappa shape index (κ1) is 21.1. The second-order valence-corrected chi connectivity index (χ2v) is 7.59. The van der Waals surface area contributed by atoms with Gasteiger partial charge in [-0.05, 0) is 49.3 Å². The number of nitrogens with zero attached hydrogens (tertiary/aromatic N) is 2. The lowest BCUT2D eigenvalue weighted by Gasteiger charge is -2.17. The van der Waals surface area contributed by atoms with Gasteiger partial charge in [0.05, 0.1) is 10.7 Å². The number of anilines is 2. The Balaban J connectivity index is 1.65. The molecule has 8 heteroatoms. The van der Waals surface area contributed by atoms with Gasteiger partial charge in [0.15, 0.2) is 4.77 Å². The molecule has 0 bridgehead atoms. The van der Waals surface area contributed by atoms with E-state index >= 15 is 0 Å². The van der Waals surface area contributed by atoms with Crippen LogP contribution >= 0.6 is 23.8 Å². The minimum atomic E-state index is -0.186. The Labute approximate surface area is 180 Å². The number of benzene rings is 2. The number of hydrogen-bond donors (Lipinski definition) is 3. The summed E-state index contributed by atoms with van der Waals surface area (Å²) >= 11 is 11.7. The third kappa shape index (κ3) is 5.46. The lowest BCUT2D eigenvalue weighted by molar-refractivity contribution is -0.116. The van der Waals surface area contributed by atoms with Crippen LogP contribution in [0, 0.1) is 4.77 Å². The summed E-state index contributed by atoms with van der Waals surface area (Å²) in [6.07, 6.45) is 1.68. The Morgan fingerprint density at radius 3 is 2.72 bits per heavy atom. The molecule has 2 aromatic carbocycles. The van der Waals surface area contributed by atoms with Gasteiger partial charge in [-0.2, -0.15) is 5.10 Å². The highest BCUT2D eigenvalue weighted by molar-refractivity contribution is 7.71. The highest BCUT2D eigenvalue weighted by Gasteiger charge is 2.12. The number of halogens is 1. The van der Waals surface area contributed by atoms with Crippen LogP contribution in [0.3, 0.4) is 0 Å². The van der Waals surface area contributed by atoms with Crippen molar-refractivity contribution in [1.82, 2.24) is 14.8 Å². The highest BCUT2D eigenvalue weighted by atomic mass is 35.5. The first-order valence-electron chi connectivity index (χ1n) is 9.53. The van der Waals surface area contributed by atoms with E-state index in [1.165, 1.54) is 5.56 Å². The second kappa shape index (κ2) is 9.71. The molecule has 29 heavy (non-hydrogen) atoms. The first-order valence-corrected chi connectivity index (χ1v) is 10.3. The molecule has 1 aromatic heterocycles. The van der Waals surface area contributed by atoms with E-state index in [4.69, 9.17) is 23.8 Å². The fraction of sp³-hybridized carbons (Fsp3) is 0.286. The molecule has 0 aliphatic heterocycles. The van der Waals surface area contributed by atoms with E-state index in [2.05, 4.69) is 46.8 Å². The number of carbonyl (C=O) groups is 1. The van der Waals surface area contributed by atoms with Crippen molar-refractivity contribution in [3.63, 3.8) is 0 Å². The van der Waals surface area contributed by atoms with Crippen LogP contribution in [0.2, 0.25) is 5.02 Å². The van der Waals surface area contributed by atoms with Gasteiger partial charge in [-0.15, -0.1) is 0 Å². The molecule has 1 heterocycles. The van der Waals surface area contributed by atoms with Crippen molar-refractivity contribution < 1.29 is 4.79 Å².